The fourth-order valence-corrected chi connectivity index (χ4v) is 3.37. The Morgan fingerprint density at radius 1 is 1.06 bits per heavy atom. The highest BCUT2D eigenvalue weighted by atomic mass is 16.5. The molecular formula is C25H30N4O3. The van der Waals surface area contributed by atoms with E-state index in [-0.39, 0.29) is 17.7 Å². The predicted molar refractivity (Wildman–Crippen MR) is 124 cm³/mol. The van der Waals surface area contributed by atoms with Gasteiger partial charge in [-0.1, -0.05) is 38.1 Å². The van der Waals surface area contributed by atoms with E-state index in [0.29, 0.717) is 30.9 Å². The zero-order valence-electron chi connectivity index (χ0n) is 18.7. The van der Waals surface area contributed by atoms with E-state index in [1.54, 1.807) is 29.1 Å². The van der Waals surface area contributed by atoms with Crippen LogP contribution >= 0.6 is 0 Å². The Morgan fingerprint density at radius 2 is 1.81 bits per heavy atom. The molecule has 168 valence electrons. The second-order valence-corrected chi connectivity index (χ2v) is 7.78. The minimum absolute atomic E-state index is 0.0634. The Kier molecular flexibility index (Phi) is 8.02. The number of carbonyl (C=O) groups excluding carboxylic acids is 2. The maximum Gasteiger partial charge on any atom is 0.255 e. The fraction of sp³-hybridized carbons (Fsp3) is 0.320. The quantitative estimate of drug-likeness (QED) is 0.512. The van der Waals surface area contributed by atoms with E-state index in [4.69, 9.17) is 4.74 Å². The Hall–Kier alpha value is -3.61. The molecule has 1 heterocycles. The molecule has 1 aromatic heterocycles. The first-order chi connectivity index (χ1) is 15.5. The van der Waals surface area contributed by atoms with Crippen molar-refractivity contribution in [3.8, 4) is 11.4 Å². The number of hydrogen-bond donors (Lipinski definition) is 2. The third kappa shape index (κ3) is 5.97. The zero-order valence-corrected chi connectivity index (χ0v) is 18.7. The van der Waals surface area contributed by atoms with Gasteiger partial charge in [0.25, 0.3) is 5.91 Å². The van der Waals surface area contributed by atoms with Crippen molar-refractivity contribution >= 4 is 11.8 Å². The molecule has 2 aromatic carbocycles. The van der Waals surface area contributed by atoms with Crippen LogP contribution in [0, 0.1) is 5.92 Å². The van der Waals surface area contributed by atoms with E-state index >= 15 is 0 Å². The second-order valence-electron chi connectivity index (χ2n) is 7.78. The van der Waals surface area contributed by atoms with Crippen LogP contribution in [0.5, 0.6) is 5.75 Å². The molecule has 1 unspecified atom stereocenters. The van der Waals surface area contributed by atoms with Gasteiger partial charge in [0.1, 0.15) is 11.8 Å². The molecule has 0 bridgehead atoms. The highest BCUT2D eigenvalue weighted by Crippen LogP contribution is 2.18. The molecule has 0 spiro atoms. The number of benzene rings is 2. The Balaban J connectivity index is 1.55. The number of hydrogen-bond acceptors (Lipinski definition) is 4. The Morgan fingerprint density at radius 3 is 2.47 bits per heavy atom. The molecule has 3 aromatic rings. The third-order valence-corrected chi connectivity index (χ3v) is 5.09. The first kappa shape index (κ1) is 23.1. The van der Waals surface area contributed by atoms with Gasteiger partial charge in [-0.3, -0.25) is 9.59 Å². The van der Waals surface area contributed by atoms with Gasteiger partial charge in [-0.05, 0) is 55.2 Å². The lowest BCUT2D eigenvalue weighted by Gasteiger charge is -2.22. The summed E-state index contributed by atoms with van der Waals surface area (Å²) in [6.45, 7) is 6.62. The van der Waals surface area contributed by atoms with Gasteiger partial charge in [-0.2, -0.15) is 5.10 Å². The molecule has 0 saturated carbocycles. The van der Waals surface area contributed by atoms with E-state index in [2.05, 4.69) is 15.7 Å². The van der Waals surface area contributed by atoms with Crippen molar-refractivity contribution in [2.45, 2.75) is 33.2 Å². The lowest BCUT2D eigenvalue weighted by Crippen LogP contribution is -2.50. The summed E-state index contributed by atoms with van der Waals surface area (Å²) >= 11 is 0. The zero-order chi connectivity index (χ0) is 22.9. The van der Waals surface area contributed by atoms with Gasteiger partial charge in [0, 0.05) is 18.9 Å². The van der Waals surface area contributed by atoms with Crippen molar-refractivity contribution in [1.82, 2.24) is 20.4 Å². The van der Waals surface area contributed by atoms with E-state index < -0.39 is 6.04 Å². The number of rotatable bonds is 10. The maximum absolute atomic E-state index is 12.8. The lowest BCUT2D eigenvalue weighted by molar-refractivity contribution is -0.123. The minimum Gasteiger partial charge on any atom is -0.493 e. The first-order valence-corrected chi connectivity index (χ1v) is 10.9. The Labute approximate surface area is 188 Å². The molecule has 0 saturated heterocycles. The summed E-state index contributed by atoms with van der Waals surface area (Å²) in [6, 6.07) is 16.3. The summed E-state index contributed by atoms with van der Waals surface area (Å²) in [6.07, 6.45) is 4.32. The number of ether oxygens (including phenoxy) is 1. The van der Waals surface area contributed by atoms with Gasteiger partial charge in [0.15, 0.2) is 0 Å². The standard InChI is InChI=1S/C25H30N4O3/c1-4-32-22-9-6-5-8-21(22)24(30)28-23(18(2)3)25(31)26-16-14-19-10-12-20(13-11-19)29-17-7-15-27-29/h5-13,15,17-18,23H,4,14,16H2,1-3H3,(H,26,31)(H,28,30). The number of aromatic nitrogens is 2. The monoisotopic (exact) mass is 434 g/mol. The average Bonchev–Trinajstić information content (AvgIpc) is 3.33. The van der Waals surface area contributed by atoms with Gasteiger partial charge in [0.05, 0.1) is 17.9 Å². The SMILES string of the molecule is CCOc1ccccc1C(=O)NC(C(=O)NCCc1ccc(-n2cccn2)cc1)C(C)C. The summed E-state index contributed by atoms with van der Waals surface area (Å²) in [7, 11) is 0. The van der Waals surface area contributed by atoms with E-state index in [1.165, 1.54) is 0 Å². The number of carbonyl (C=O) groups is 2. The van der Waals surface area contributed by atoms with Crippen LogP contribution in [0.25, 0.3) is 5.69 Å². The van der Waals surface area contributed by atoms with E-state index in [9.17, 15) is 9.59 Å². The molecule has 0 aliphatic rings. The van der Waals surface area contributed by atoms with Crippen LogP contribution in [0.4, 0.5) is 0 Å². The third-order valence-electron chi connectivity index (χ3n) is 5.09. The molecular weight excluding hydrogens is 404 g/mol. The largest absolute Gasteiger partial charge is 0.493 e. The lowest BCUT2D eigenvalue weighted by atomic mass is 10.0. The molecule has 32 heavy (non-hydrogen) atoms. The summed E-state index contributed by atoms with van der Waals surface area (Å²) in [5.41, 5.74) is 2.51. The summed E-state index contributed by atoms with van der Waals surface area (Å²) < 4.78 is 7.34. The van der Waals surface area contributed by atoms with Gasteiger partial charge >= 0.3 is 0 Å². The number of amides is 2. The molecule has 7 nitrogen and oxygen atoms in total. The number of nitrogens with one attached hydrogen (secondary N) is 2. The smallest absolute Gasteiger partial charge is 0.255 e. The molecule has 0 aliphatic carbocycles. The molecule has 7 heteroatoms. The van der Waals surface area contributed by atoms with Crippen molar-refractivity contribution in [2.75, 3.05) is 13.2 Å². The molecule has 1 atom stereocenters. The molecule has 2 N–H and O–H groups in total. The highest BCUT2D eigenvalue weighted by molar-refractivity contribution is 5.99. The van der Waals surface area contributed by atoms with Crippen molar-refractivity contribution in [3.63, 3.8) is 0 Å². The highest BCUT2D eigenvalue weighted by Gasteiger charge is 2.25. The first-order valence-electron chi connectivity index (χ1n) is 10.9. The van der Waals surface area contributed by atoms with Crippen LogP contribution in [-0.4, -0.2) is 40.8 Å². The average molecular weight is 435 g/mol. The van der Waals surface area contributed by atoms with Gasteiger partial charge in [0.2, 0.25) is 5.91 Å². The van der Waals surface area contributed by atoms with Crippen LogP contribution in [-0.2, 0) is 11.2 Å². The number of para-hydroxylation sites is 1. The van der Waals surface area contributed by atoms with Crippen LogP contribution in [0.15, 0.2) is 67.0 Å². The molecule has 0 fully saturated rings. The Bertz CT molecular complexity index is 1010. The molecule has 2 amide bonds. The predicted octanol–water partition coefficient (Wildman–Crippen LogP) is 3.38. The van der Waals surface area contributed by atoms with Gasteiger partial charge in [-0.15, -0.1) is 0 Å². The van der Waals surface area contributed by atoms with Crippen molar-refractivity contribution in [2.24, 2.45) is 5.92 Å². The topological polar surface area (TPSA) is 85.2 Å². The maximum atomic E-state index is 12.8. The molecule has 0 aliphatic heterocycles. The van der Waals surface area contributed by atoms with Crippen LogP contribution in [0.2, 0.25) is 0 Å². The van der Waals surface area contributed by atoms with Crippen LogP contribution in [0.3, 0.4) is 0 Å². The van der Waals surface area contributed by atoms with Crippen LogP contribution in [0.1, 0.15) is 36.7 Å². The normalized spacial score (nSPS) is 11.8. The van der Waals surface area contributed by atoms with Gasteiger partial charge < -0.3 is 15.4 Å². The van der Waals surface area contributed by atoms with Crippen molar-refractivity contribution in [1.29, 1.82) is 0 Å². The molecule has 0 radical (unpaired) electrons. The van der Waals surface area contributed by atoms with Gasteiger partial charge in [-0.25, -0.2) is 4.68 Å². The molecule has 3 rings (SSSR count). The summed E-state index contributed by atoms with van der Waals surface area (Å²) in [4.78, 5) is 25.6. The van der Waals surface area contributed by atoms with E-state index in [0.717, 1.165) is 11.3 Å². The van der Waals surface area contributed by atoms with Crippen molar-refractivity contribution < 1.29 is 14.3 Å². The summed E-state index contributed by atoms with van der Waals surface area (Å²) in [5, 5.41) is 10.0. The van der Waals surface area contributed by atoms with E-state index in [1.807, 2.05) is 63.4 Å². The number of nitrogens with zero attached hydrogens (tertiary/aromatic N) is 2. The van der Waals surface area contributed by atoms with Crippen molar-refractivity contribution in [3.05, 3.63) is 78.1 Å². The summed E-state index contributed by atoms with van der Waals surface area (Å²) in [5.74, 6) is -0.0759. The fourth-order valence-electron chi connectivity index (χ4n) is 3.37. The second kappa shape index (κ2) is 11.1. The van der Waals surface area contributed by atoms with Crippen LogP contribution < -0.4 is 15.4 Å². The minimum atomic E-state index is -0.639.